The molecule has 1 unspecified atom stereocenters. The molecule has 96 valence electrons. The van der Waals surface area contributed by atoms with Crippen molar-refractivity contribution in [1.29, 1.82) is 0 Å². The minimum absolute atomic E-state index is 0.0404. The summed E-state index contributed by atoms with van der Waals surface area (Å²) < 4.78 is 26.8. The average molecular weight is 257 g/mol. The molecule has 0 amide bonds. The number of sulfonamides is 1. The molecule has 0 aromatic carbocycles. The number of nitrogens with zero attached hydrogens (tertiary/aromatic N) is 1. The molecule has 0 spiro atoms. The first-order valence-corrected chi connectivity index (χ1v) is 7.38. The zero-order chi connectivity index (χ0) is 12.5. The summed E-state index contributed by atoms with van der Waals surface area (Å²) in [5.41, 5.74) is 0.224. The number of aromatic amines is 1. The van der Waals surface area contributed by atoms with Gasteiger partial charge in [0.05, 0.1) is 6.20 Å². The topological polar surface area (TPSA) is 74.8 Å². The molecule has 1 fully saturated rings. The maximum atomic E-state index is 12.0. The van der Waals surface area contributed by atoms with Crippen LogP contribution in [0.1, 0.15) is 39.5 Å². The lowest BCUT2D eigenvalue weighted by Gasteiger charge is -2.35. The number of nitrogens with one attached hydrogen (secondary N) is 2. The van der Waals surface area contributed by atoms with Gasteiger partial charge in [-0.05, 0) is 24.7 Å². The predicted octanol–water partition coefficient (Wildman–Crippen LogP) is 1.66. The second kappa shape index (κ2) is 4.42. The summed E-state index contributed by atoms with van der Waals surface area (Å²) in [6, 6.07) is 0.0404. The third-order valence-corrected chi connectivity index (χ3v) is 4.80. The van der Waals surface area contributed by atoms with Crippen LogP contribution in [0.2, 0.25) is 0 Å². The molecule has 1 aromatic rings. The van der Waals surface area contributed by atoms with Crippen LogP contribution in [0.3, 0.4) is 0 Å². The Bertz CT molecular complexity index is 465. The van der Waals surface area contributed by atoms with Crippen molar-refractivity contribution in [3.63, 3.8) is 0 Å². The lowest BCUT2D eigenvalue weighted by atomic mass is 9.75. The summed E-state index contributed by atoms with van der Waals surface area (Å²) in [5.74, 6) is 0. The average Bonchev–Trinajstić information content (AvgIpc) is 2.67. The normalized spacial score (nSPS) is 24.7. The highest BCUT2D eigenvalue weighted by molar-refractivity contribution is 7.89. The second-order valence-corrected chi connectivity index (χ2v) is 7.23. The molecule has 0 aliphatic heterocycles. The first-order valence-electron chi connectivity index (χ1n) is 5.90. The molecule has 0 saturated heterocycles. The van der Waals surface area contributed by atoms with Crippen molar-refractivity contribution in [3.8, 4) is 0 Å². The molecule has 1 atom stereocenters. The van der Waals surface area contributed by atoms with Crippen molar-refractivity contribution in [2.24, 2.45) is 5.41 Å². The van der Waals surface area contributed by atoms with Gasteiger partial charge in [0.25, 0.3) is 0 Å². The van der Waals surface area contributed by atoms with Crippen molar-refractivity contribution in [2.75, 3.05) is 0 Å². The van der Waals surface area contributed by atoms with Crippen LogP contribution in [0.5, 0.6) is 0 Å². The van der Waals surface area contributed by atoms with Crippen LogP contribution in [0.15, 0.2) is 17.3 Å². The van der Waals surface area contributed by atoms with Crippen molar-refractivity contribution in [1.82, 2.24) is 14.9 Å². The molecule has 17 heavy (non-hydrogen) atoms. The molecule has 1 saturated carbocycles. The van der Waals surface area contributed by atoms with Gasteiger partial charge in [0, 0.05) is 12.2 Å². The molecule has 2 rings (SSSR count). The van der Waals surface area contributed by atoms with Gasteiger partial charge in [-0.15, -0.1) is 0 Å². The Morgan fingerprint density at radius 2 is 2.29 bits per heavy atom. The third-order valence-electron chi connectivity index (χ3n) is 3.31. The SMILES string of the molecule is CC1(C)CCCC(NS(=O)(=O)c2cn[nH]c2)C1. The highest BCUT2D eigenvalue weighted by Crippen LogP contribution is 2.35. The van der Waals surface area contributed by atoms with Crippen molar-refractivity contribution < 1.29 is 8.42 Å². The Morgan fingerprint density at radius 3 is 2.88 bits per heavy atom. The maximum Gasteiger partial charge on any atom is 0.243 e. The zero-order valence-electron chi connectivity index (χ0n) is 10.2. The van der Waals surface area contributed by atoms with E-state index >= 15 is 0 Å². The van der Waals surface area contributed by atoms with Gasteiger partial charge in [-0.1, -0.05) is 20.3 Å². The van der Waals surface area contributed by atoms with E-state index in [1.165, 1.54) is 12.4 Å². The molecule has 1 aromatic heterocycles. The van der Waals surface area contributed by atoms with E-state index in [4.69, 9.17) is 0 Å². The molecule has 0 bridgehead atoms. The predicted molar refractivity (Wildman–Crippen MR) is 64.9 cm³/mol. The third kappa shape index (κ3) is 3.07. The first-order chi connectivity index (χ1) is 7.89. The lowest BCUT2D eigenvalue weighted by molar-refractivity contribution is 0.212. The van der Waals surface area contributed by atoms with Crippen LogP contribution in [-0.4, -0.2) is 24.7 Å². The fraction of sp³-hybridized carbons (Fsp3) is 0.727. The fourth-order valence-electron chi connectivity index (χ4n) is 2.47. The van der Waals surface area contributed by atoms with Gasteiger partial charge >= 0.3 is 0 Å². The van der Waals surface area contributed by atoms with Crippen LogP contribution in [0, 0.1) is 5.41 Å². The summed E-state index contributed by atoms with van der Waals surface area (Å²) in [6.45, 7) is 4.37. The smallest absolute Gasteiger partial charge is 0.243 e. The molecule has 5 nitrogen and oxygen atoms in total. The van der Waals surface area contributed by atoms with Crippen LogP contribution in [0.4, 0.5) is 0 Å². The molecule has 1 aliphatic carbocycles. The summed E-state index contributed by atoms with van der Waals surface area (Å²) in [4.78, 5) is 0.209. The van der Waals surface area contributed by atoms with E-state index in [2.05, 4.69) is 28.8 Å². The Kier molecular flexibility index (Phi) is 3.27. The van der Waals surface area contributed by atoms with E-state index in [0.29, 0.717) is 0 Å². The fourth-order valence-corrected chi connectivity index (χ4v) is 3.65. The Morgan fingerprint density at radius 1 is 1.53 bits per heavy atom. The minimum atomic E-state index is -3.41. The Labute approximate surface area is 102 Å². The highest BCUT2D eigenvalue weighted by atomic mass is 32.2. The summed E-state index contributed by atoms with van der Waals surface area (Å²) in [7, 11) is -3.41. The van der Waals surface area contributed by atoms with Gasteiger partial charge in [0.1, 0.15) is 4.90 Å². The molecule has 1 heterocycles. The lowest BCUT2D eigenvalue weighted by Crippen LogP contribution is -2.40. The first kappa shape index (κ1) is 12.6. The second-order valence-electron chi connectivity index (χ2n) is 5.51. The quantitative estimate of drug-likeness (QED) is 0.864. The van der Waals surface area contributed by atoms with Crippen molar-refractivity contribution >= 4 is 10.0 Å². The van der Waals surface area contributed by atoms with E-state index in [1.807, 2.05) is 0 Å². The van der Waals surface area contributed by atoms with Crippen LogP contribution in [-0.2, 0) is 10.0 Å². The van der Waals surface area contributed by atoms with E-state index in [1.54, 1.807) is 0 Å². The minimum Gasteiger partial charge on any atom is -0.284 e. The number of hydrogen-bond acceptors (Lipinski definition) is 3. The highest BCUT2D eigenvalue weighted by Gasteiger charge is 2.30. The van der Waals surface area contributed by atoms with E-state index in [0.717, 1.165) is 25.7 Å². The molecular formula is C11H19N3O2S. The number of hydrogen-bond donors (Lipinski definition) is 2. The molecule has 0 radical (unpaired) electrons. The van der Waals surface area contributed by atoms with Crippen LogP contribution in [0.25, 0.3) is 0 Å². The Balaban J connectivity index is 2.06. The number of H-pyrrole nitrogens is 1. The standard InChI is InChI=1S/C11H19N3O2S/c1-11(2)5-3-4-9(6-11)14-17(15,16)10-7-12-13-8-10/h7-9,14H,3-6H2,1-2H3,(H,12,13). The van der Waals surface area contributed by atoms with Gasteiger partial charge < -0.3 is 0 Å². The molecule has 6 heteroatoms. The van der Waals surface area contributed by atoms with E-state index in [9.17, 15) is 8.42 Å². The van der Waals surface area contributed by atoms with Gasteiger partial charge in [0.2, 0.25) is 10.0 Å². The van der Waals surface area contributed by atoms with Gasteiger partial charge in [-0.25, -0.2) is 13.1 Å². The summed E-state index contributed by atoms with van der Waals surface area (Å²) in [5, 5.41) is 6.19. The van der Waals surface area contributed by atoms with Crippen molar-refractivity contribution in [3.05, 3.63) is 12.4 Å². The zero-order valence-corrected chi connectivity index (χ0v) is 11.0. The maximum absolute atomic E-state index is 12.0. The number of rotatable bonds is 3. The van der Waals surface area contributed by atoms with Gasteiger partial charge in [0.15, 0.2) is 0 Å². The number of aromatic nitrogens is 2. The van der Waals surface area contributed by atoms with E-state index < -0.39 is 10.0 Å². The Hall–Kier alpha value is -0.880. The summed E-state index contributed by atoms with van der Waals surface area (Å²) in [6.07, 6.45) is 6.78. The summed E-state index contributed by atoms with van der Waals surface area (Å²) >= 11 is 0. The van der Waals surface area contributed by atoms with Gasteiger partial charge in [-0.2, -0.15) is 5.10 Å². The van der Waals surface area contributed by atoms with E-state index in [-0.39, 0.29) is 16.4 Å². The molecular weight excluding hydrogens is 238 g/mol. The van der Waals surface area contributed by atoms with Crippen molar-refractivity contribution in [2.45, 2.75) is 50.5 Å². The monoisotopic (exact) mass is 257 g/mol. The van der Waals surface area contributed by atoms with Gasteiger partial charge in [-0.3, -0.25) is 5.10 Å². The van der Waals surface area contributed by atoms with Crippen LogP contribution < -0.4 is 4.72 Å². The largest absolute Gasteiger partial charge is 0.284 e. The van der Waals surface area contributed by atoms with Crippen LogP contribution >= 0.6 is 0 Å². The molecule has 1 aliphatic rings. The molecule has 2 N–H and O–H groups in total.